The average molecular weight is 1070 g/mol. The molecule has 0 saturated heterocycles. The Bertz CT molecular complexity index is 1560. The summed E-state index contributed by atoms with van der Waals surface area (Å²) < 4.78 is 16.8. The predicted octanol–water partition coefficient (Wildman–Crippen LogP) is 22.2. The van der Waals surface area contributed by atoms with E-state index in [9.17, 15) is 14.4 Å². The molecule has 0 aromatic carbocycles. The van der Waals surface area contributed by atoms with Crippen molar-refractivity contribution in [3.05, 3.63) is 109 Å². The topological polar surface area (TPSA) is 78.9 Å². The minimum atomic E-state index is -0.783. The van der Waals surface area contributed by atoms with Gasteiger partial charge in [-0.1, -0.05) is 284 Å². The highest BCUT2D eigenvalue weighted by molar-refractivity contribution is 5.71. The second-order valence-corrected chi connectivity index (χ2v) is 21.3. The minimum Gasteiger partial charge on any atom is -0.462 e. The zero-order chi connectivity index (χ0) is 55.7. The SMILES string of the molecule is CC/C=C\C/C=C\C/C=C\C/C=C\C/C=C\C/C=C\C/C=C\CCCCCCCCCC(=O)OCC(COC(=O)CCCCCCCCC)OC(=O)CCCCCCCCCCCCC/C=C\C/C=C\CCCCCCC. The van der Waals surface area contributed by atoms with Crippen LogP contribution in [0.3, 0.4) is 0 Å². The molecule has 6 heteroatoms. The molecule has 0 rings (SSSR count). The van der Waals surface area contributed by atoms with Crippen LogP contribution in [0.15, 0.2) is 109 Å². The lowest BCUT2D eigenvalue weighted by Crippen LogP contribution is -2.30. The monoisotopic (exact) mass is 1070 g/mol. The number of allylic oxidation sites excluding steroid dienone is 18. The summed E-state index contributed by atoms with van der Waals surface area (Å²) in [7, 11) is 0. The molecule has 0 amide bonds. The van der Waals surface area contributed by atoms with E-state index < -0.39 is 6.10 Å². The highest BCUT2D eigenvalue weighted by atomic mass is 16.6. The van der Waals surface area contributed by atoms with Crippen molar-refractivity contribution in [2.75, 3.05) is 13.2 Å². The molecule has 0 aliphatic rings. The van der Waals surface area contributed by atoms with E-state index >= 15 is 0 Å². The molecule has 0 radical (unpaired) electrons. The Labute approximate surface area is 476 Å². The molecule has 0 bridgehead atoms. The molecule has 1 unspecified atom stereocenters. The average Bonchev–Trinajstić information content (AvgIpc) is 3.43. The van der Waals surface area contributed by atoms with E-state index in [2.05, 4.69) is 130 Å². The molecule has 0 aliphatic carbocycles. The van der Waals surface area contributed by atoms with Gasteiger partial charge < -0.3 is 14.2 Å². The molecule has 0 saturated carbocycles. The van der Waals surface area contributed by atoms with Crippen molar-refractivity contribution in [1.29, 1.82) is 0 Å². The zero-order valence-electron chi connectivity index (χ0n) is 50.4. The predicted molar refractivity (Wildman–Crippen MR) is 334 cm³/mol. The number of carbonyl (C=O) groups excluding carboxylic acids is 3. The molecule has 0 aromatic heterocycles. The summed E-state index contributed by atoms with van der Waals surface area (Å²) in [5, 5.41) is 0. The van der Waals surface area contributed by atoms with Crippen LogP contribution in [0.25, 0.3) is 0 Å². The molecular weight excluding hydrogens is 949 g/mol. The van der Waals surface area contributed by atoms with Crippen LogP contribution in [0.1, 0.15) is 303 Å². The lowest BCUT2D eigenvalue weighted by molar-refractivity contribution is -0.167. The number of esters is 3. The summed E-state index contributed by atoms with van der Waals surface area (Å²) in [4.78, 5) is 38.1. The fourth-order valence-corrected chi connectivity index (χ4v) is 8.92. The number of hydrogen-bond acceptors (Lipinski definition) is 6. The molecule has 0 fully saturated rings. The van der Waals surface area contributed by atoms with Crippen molar-refractivity contribution in [3.63, 3.8) is 0 Å². The van der Waals surface area contributed by atoms with Crippen molar-refractivity contribution >= 4 is 17.9 Å². The first-order chi connectivity index (χ1) is 38.0. The van der Waals surface area contributed by atoms with Crippen molar-refractivity contribution in [1.82, 2.24) is 0 Å². The highest BCUT2D eigenvalue weighted by Crippen LogP contribution is 2.16. The fraction of sp³-hybridized carbons (Fsp3) is 0.704. The quantitative estimate of drug-likeness (QED) is 0.0261. The summed E-state index contributed by atoms with van der Waals surface area (Å²) in [6.07, 6.45) is 88.3. The minimum absolute atomic E-state index is 0.0815. The summed E-state index contributed by atoms with van der Waals surface area (Å²) in [5.41, 5.74) is 0. The Balaban J connectivity index is 4.18. The second-order valence-electron chi connectivity index (χ2n) is 21.3. The third-order valence-electron chi connectivity index (χ3n) is 13.8. The van der Waals surface area contributed by atoms with Crippen LogP contribution >= 0.6 is 0 Å². The molecular formula is C71H120O6. The Morgan fingerprint density at radius 1 is 0.273 bits per heavy atom. The molecule has 0 heterocycles. The normalized spacial score (nSPS) is 12.8. The van der Waals surface area contributed by atoms with Gasteiger partial charge in [-0.25, -0.2) is 0 Å². The molecule has 440 valence electrons. The number of unbranched alkanes of at least 4 members (excludes halogenated alkanes) is 29. The van der Waals surface area contributed by atoms with Gasteiger partial charge in [-0.05, 0) is 109 Å². The van der Waals surface area contributed by atoms with Crippen LogP contribution in [0, 0.1) is 0 Å². The molecule has 77 heavy (non-hydrogen) atoms. The Kier molecular flexibility index (Phi) is 61.3. The highest BCUT2D eigenvalue weighted by Gasteiger charge is 2.19. The van der Waals surface area contributed by atoms with E-state index in [0.29, 0.717) is 19.3 Å². The second kappa shape index (κ2) is 64.6. The van der Waals surface area contributed by atoms with Gasteiger partial charge in [-0.3, -0.25) is 14.4 Å². The van der Waals surface area contributed by atoms with E-state index in [0.717, 1.165) is 116 Å². The van der Waals surface area contributed by atoms with Crippen LogP contribution in [0.2, 0.25) is 0 Å². The van der Waals surface area contributed by atoms with Gasteiger partial charge in [0.1, 0.15) is 13.2 Å². The third-order valence-corrected chi connectivity index (χ3v) is 13.8. The number of rotatable bonds is 58. The summed E-state index contributed by atoms with van der Waals surface area (Å²) >= 11 is 0. The van der Waals surface area contributed by atoms with Crippen molar-refractivity contribution in [2.45, 2.75) is 309 Å². The van der Waals surface area contributed by atoms with Crippen LogP contribution < -0.4 is 0 Å². The van der Waals surface area contributed by atoms with E-state index in [1.807, 2.05) is 0 Å². The van der Waals surface area contributed by atoms with Crippen molar-refractivity contribution in [2.24, 2.45) is 0 Å². The van der Waals surface area contributed by atoms with Crippen LogP contribution in [0.4, 0.5) is 0 Å². The number of ether oxygens (including phenoxy) is 3. The maximum atomic E-state index is 12.9. The fourth-order valence-electron chi connectivity index (χ4n) is 8.92. The molecule has 0 N–H and O–H groups in total. The Morgan fingerprint density at radius 3 is 0.792 bits per heavy atom. The number of carbonyl (C=O) groups is 3. The largest absolute Gasteiger partial charge is 0.462 e. The summed E-state index contributed by atoms with van der Waals surface area (Å²) in [6.45, 7) is 6.48. The summed E-state index contributed by atoms with van der Waals surface area (Å²) in [5.74, 6) is -0.895. The van der Waals surface area contributed by atoms with Gasteiger partial charge in [0.2, 0.25) is 0 Å². The molecule has 0 aliphatic heterocycles. The van der Waals surface area contributed by atoms with Crippen LogP contribution in [-0.4, -0.2) is 37.2 Å². The first-order valence-electron chi connectivity index (χ1n) is 32.4. The van der Waals surface area contributed by atoms with Gasteiger partial charge in [0.25, 0.3) is 0 Å². The van der Waals surface area contributed by atoms with Crippen LogP contribution in [0.5, 0.6) is 0 Å². The molecule has 6 nitrogen and oxygen atoms in total. The van der Waals surface area contributed by atoms with Gasteiger partial charge in [-0.2, -0.15) is 0 Å². The van der Waals surface area contributed by atoms with Gasteiger partial charge in [0.05, 0.1) is 0 Å². The first-order valence-corrected chi connectivity index (χ1v) is 32.4. The molecule has 0 spiro atoms. The van der Waals surface area contributed by atoms with Gasteiger partial charge >= 0.3 is 17.9 Å². The van der Waals surface area contributed by atoms with Gasteiger partial charge in [-0.15, -0.1) is 0 Å². The van der Waals surface area contributed by atoms with Crippen molar-refractivity contribution < 1.29 is 28.6 Å². The van der Waals surface area contributed by atoms with Gasteiger partial charge in [0, 0.05) is 19.3 Å². The maximum Gasteiger partial charge on any atom is 0.306 e. The third kappa shape index (κ3) is 62.8. The molecule has 0 aromatic rings. The zero-order valence-corrected chi connectivity index (χ0v) is 50.4. The molecule has 1 atom stereocenters. The van der Waals surface area contributed by atoms with E-state index in [-0.39, 0.29) is 31.1 Å². The Hall–Kier alpha value is -3.93. The summed E-state index contributed by atoms with van der Waals surface area (Å²) in [6, 6.07) is 0. The van der Waals surface area contributed by atoms with Crippen LogP contribution in [-0.2, 0) is 28.6 Å². The van der Waals surface area contributed by atoms with E-state index in [1.54, 1.807) is 0 Å². The Morgan fingerprint density at radius 2 is 0.506 bits per heavy atom. The lowest BCUT2D eigenvalue weighted by Gasteiger charge is -2.18. The number of hydrogen-bond donors (Lipinski definition) is 0. The van der Waals surface area contributed by atoms with E-state index in [1.165, 1.54) is 148 Å². The first kappa shape index (κ1) is 73.1. The van der Waals surface area contributed by atoms with Gasteiger partial charge in [0.15, 0.2) is 6.10 Å². The van der Waals surface area contributed by atoms with E-state index in [4.69, 9.17) is 14.2 Å². The van der Waals surface area contributed by atoms with Crippen molar-refractivity contribution in [3.8, 4) is 0 Å². The lowest BCUT2D eigenvalue weighted by atomic mass is 10.0. The maximum absolute atomic E-state index is 12.9. The standard InChI is InChI=1S/C71H120O6/c1-4-7-10-13-16-18-20-22-24-26-28-30-32-33-34-35-36-37-39-40-42-44-46-48-50-52-55-58-61-64-70(73)76-67-68(66-75-69(72)63-60-57-54-15-12-9-6-3)77-71(74)65-62-59-56-53-51-49-47-45-43-41-38-31-29-27-25-23-21-19-17-14-11-8-5-2/h7,10,16,18,21-24,27-30,33-34,36-37,40,42,68H,4-6,8-9,11-15,17,19-20,25-26,31-32,35,38-39,41,43-67H2,1-3H3/b10-7-,18-16-,23-21-,24-22-,29-27-,30-28-,34-33-,37-36-,42-40-. The smallest absolute Gasteiger partial charge is 0.306 e.